The van der Waals surface area contributed by atoms with Gasteiger partial charge in [0.25, 0.3) is 0 Å². The number of carbonyl (C=O) groups excluding carboxylic acids is 3. The molecular formula is C12H19IN2O3. The van der Waals surface area contributed by atoms with E-state index in [1.807, 2.05) is 0 Å². The van der Waals surface area contributed by atoms with Crippen LogP contribution in [-0.2, 0) is 14.4 Å². The summed E-state index contributed by atoms with van der Waals surface area (Å²) < 4.78 is -0.00251. The number of Topliss-reactive ketones (excluding diaryl/α,β-unsaturated/α-hetero) is 1. The van der Waals surface area contributed by atoms with Crippen molar-refractivity contribution in [3.63, 3.8) is 0 Å². The summed E-state index contributed by atoms with van der Waals surface area (Å²) in [6.45, 7) is 2.07. The molecule has 0 saturated heterocycles. The number of amides is 1. The third kappa shape index (κ3) is 4.31. The van der Waals surface area contributed by atoms with E-state index >= 15 is 0 Å². The molecule has 1 fully saturated rings. The summed E-state index contributed by atoms with van der Waals surface area (Å²) in [5.74, 6) is 0.107. The van der Waals surface area contributed by atoms with Crippen LogP contribution in [0.3, 0.4) is 0 Å². The third-order valence-corrected chi connectivity index (χ3v) is 5.15. The van der Waals surface area contributed by atoms with Gasteiger partial charge in [0.2, 0.25) is 5.91 Å². The molecule has 0 bridgehead atoms. The van der Waals surface area contributed by atoms with Crippen molar-refractivity contribution in [2.45, 2.75) is 48.6 Å². The molecule has 0 heterocycles. The van der Waals surface area contributed by atoms with E-state index in [2.05, 4.69) is 34.8 Å². The molecule has 0 aromatic carbocycles. The summed E-state index contributed by atoms with van der Waals surface area (Å²) in [7, 11) is 0. The van der Waals surface area contributed by atoms with Gasteiger partial charge in [-0.3, -0.25) is 14.9 Å². The van der Waals surface area contributed by atoms with E-state index < -0.39 is 11.9 Å². The fourth-order valence-corrected chi connectivity index (χ4v) is 2.90. The standard InChI is InChI=1S/C12H19IN2O3/c1-7-2-4-9(12(18)11(7)13)15-8(6-16)3-5-10(14)17/h6-9,11,15H,2-5H2,1H3,(H2,14,17)/t7?,8-,9?,11?/m0/s1. The molecule has 1 rings (SSSR count). The second kappa shape index (κ2) is 7.18. The summed E-state index contributed by atoms with van der Waals surface area (Å²) in [4.78, 5) is 33.6. The van der Waals surface area contributed by atoms with Crippen molar-refractivity contribution >= 4 is 40.6 Å². The predicted molar refractivity (Wildman–Crippen MR) is 76.4 cm³/mol. The average molecular weight is 366 g/mol. The maximum atomic E-state index is 12.0. The summed E-state index contributed by atoms with van der Waals surface area (Å²) >= 11 is 2.16. The molecule has 1 amide bonds. The molecule has 0 aromatic heterocycles. The molecule has 3 N–H and O–H groups in total. The maximum absolute atomic E-state index is 12.0. The fourth-order valence-electron chi connectivity index (χ4n) is 2.10. The lowest BCUT2D eigenvalue weighted by Gasteiger charge is -2.31. The van der Waals surface area contributed by atoms with E-state index in [1.165, 1.54) is 0 Å². The van der Waals surface area contributed by atoms with Crippen molar-refractivity contribution in [2.24, 2.45) is 11.7 Å². The fraction of sp³-hybridized carbons (Fsp3) is 0.750. The van der Waals surface area contributed by atoms with Crippen LogP contribution in [0.1, 0.15) is 32.6 Å². The van der Waals surface area contributed by atoms with Crippen LogP contribution < -0.4 is 11.1 Å². The van der Waals surface area contributed by atoms with E-state index in [4.69, 9.17) is 5.73 Å². The molecule has 1 saturated carbocycles. The van der Waals surface area contributed by atoms with Gasteiger partial charge in [-0.25, -0.2) is 0 Å². The maximum Gasteiger partial charge on any atom is 0.217 e. The van der Waals surface area contributed by atoms with E-state index in [0.717, 1.165) is 19.1 Å². The lowest BCUT2D eigenvalue weighted by atomic mass is 9.86. The molecular weight excluding hydrogens is 347 g/mol. The number of nitrogens with two attached hydrogens (primary N) is 1. The minimum Gasteiger partial charge on any atom is -0.370 e. The number of alkyl halides is 1. The van der Waals surface area contributed by atoms with Crippen LogP contribution >= 0.6 is 22.6 Å². The number of nitrogens with one attached hydrogen (secondary N) is 1. The smallest absolute Gasteiger partial charge is 0.217 e. The Balaban J connectivity index is 2.51. The Morgan fingerprint density at radius 1 is 1.61 bits per heavy atom. The van der Waals surface area contributed by atoms with Gasteiger partial charge in [0.1, 0.15) is 6.29 Å². The van der Waals surface area contributed by atoms with Crippen LogP contribution in [0.4, 0.5) is 0 Å². The molecule has 4 atom stereocenters. The SMILES string of the molecule is CC1CCC(N[C@H](C=O)CCC(N)=O)C(=O)C1I. The summed E-state index contributed by atoms with van der Waals surface area (Å²) in [6, 6.07) is -0.741. The van der Waals surface area contributed by atoms with Crippen molar-refractivity contribution < 1.29 is 14.4 Å². The number of primary amides is 1. The molecule has 0 spiro atoms. The number of ketones is 1. The van der Waals surface area contributed by atoms with Crippen LogP contribution in [0, 0.1) is 5.92 Å². The molecule has 102 valence electrons. The van der Waals surface area contributed by atoms with Crippen LogP contribution in [-0.4, -0.2) is 34.0 Å². The lowest BCUT2D eigenvalue weighted by molar-refractivity contribution is -0.123. The Hall–Kier alpha value is -0.500. The highest BCUT2D eigenvalue weighted by atomic mass is 127. The Morgan fingerprint density at radius 3 is 2.83 bits per heavy atom. The third-order valence-electron chi connectivity index (χ3n) is 3.31. The zero-order valence-corrected chi connectivity index (χ0v) is 12.6. The van der Waals surface area contributed by atoms with Crippen molar-refractivity contribution in [3.05, 3.63) is 0 Å². The van der Waals surface area contributed by atoms with Crippen molar-refractivity contribution in [1.29, 1.82) is 0 Å². The quantitative estimate of drug-likeness (QED) is 0.409. The number of rotatable bonds is 6. The van der Waals surface area contributed by atoms with Gasteiger partial charge in [0.05, 0.1) is 16.0 Å². The van der Waals surface area contributed by atoms with Crippen molar-refractivity contribution in [2.75, 3.05) is 0 Å². The zero-order chi connectivity index (χ0) is 13.7. The van der Waals surface area contributed by atoms with Gasteiger partial charge >= 0.3 is 0 Å². The second-order valence-corrected chi connectivity index (χ2v) is 6.17. The minimum atomic E-state index is -0.469. The largest absolute Gasteiger partial charge is 0.370 e. The predicted octanol–water partition coefficient (Wildman–Crippen LogP) is 0.580. The molecule has 6 heteroatoms. The molecule has 1 aliphatic carbocycles. The van der Waals surface area contributed by atoms with Crippen LogP contribution in [0.25, 0.3) is 0 Å². The molecule has 1 aliphatic rings. The van der Waals surface area contributed by atoms with Gasteiger partial charge in [0.15, 0.2) is 5.78 Å². The normalized spacial score (nSPS) is 29.9. The van der Waals surface area contributed by atoms with Gasteiger partial charge in [0, 0.05) is 6.42 Å². The highest BCUT2D eigenvalue weighted by Gasteiger charge is 2.34. The molecule has 5 nitrogen and oxygen atoms in total. The van der Waals surface area contributed by atoms with Gasteiger partial charge in [-0.05, 0) is 25.2 Å². The monoisotopic (exact) mass is 366 g/mol. The topological polar surface area (TPSA) is 89.3 Å². The Bertz CT molecular complexity index is 335. The van der Waals surface area contributed by atoms with Crippen molar-refractivity contribution in [1.82, 2.24) is 5.32 Å². The molecule has 3 unspecified atom stereocenters. The second-order valence-electron chi connectivity index (χ2n) is 4.83. The lowest BCUT2D eigenvalue weighted by Crippen LogP contribution is -2.50. The zero-order valence-electron chi connectivity index (χ0n) is 10.4. The average Bonchev–Trinajstić information content (AvgIpc) is 2.34. The first kappa shape index (κ1) is 15.6. The van der Waals surface area contributed by atoms with E-state index in [9.17, 15) is 14.4 Å². The van der Waals surface area contributed by atoms with E-state index in [-0.39, 0.29) is 22.2 Å². The first-order valence-corrected chi connectivity index (χ1v) is 7.37. The number of carbonyl (C=O) groups is 3. The van der Waals surface area contributed by atoms with Gasteiger partial charge in [-0.1, -0.05) is 29.5 Å². The molecule has 0 aromatic rings. The van der Waals surface area contributed by atoms with Crippen LogP contribution in [0.5, 0.6) is 0 Å². The minimum absolute atomic E-state index is 0.00251. The first-order valence-electron chi connectivity index (χ1n) is 6.13. The Labute approximate surface area is 120 Å². The summed E-state index contributed by atoms with van der Waals surface area (Å²) in [5.41, 5.74) is 5.05. The molecule has 0 radical (unpaired) electrons. The highest BCUT2D eigenvalue weighted by molar-refractivity contribution is 14.1. The highest BCUT2D eigenvalue weighted by Crippen LogP contribution is 2.27. The number of aldehydes is 1. The van der Waals surface area contributed by atoms with E-state index in [0.29, 0.717) is 12.3 Å². The molecule has 0 aliphatic heterocycles. The van der Waals surface area contributed by atoms with Gasteiger partial charge in [-0.15, -0.1) is 0 Å². The van der Waals surface area contributed by atoms with Crippen LogP contribution in [0.15, 0.2) is 0 Å². The van der Waals surface area contributed by atoms with E-state index in [1.54, 1.807) is 0 Å². The summed E-state index contributed by atoms with van der Waals surface area (Å²) in [6.07, 6.45) is 2.97. The van der Waals surface area contributed by atoms with Gasteiger partial charge in [-0.2, -0.15) is 0 Å². The van der Waals surface area contributed by atoms with Crippen molar-refractivity contribution in [3.8, 4) is 0 Å². The number of hydrogen-bond acceptors (Lipinski definition) is 4. The van der Waals surface area contributed by atoms with Crippen LogP contribution in [0.2, 0.25) is 0 Å². The molecule has 18 heavy (non-hydrogen) atoms. The number of hydrogen-bond donors (Lipinski definition) is 2. The summed E-state index contributed by atoms with van der Waals surface area (Å²) in [5, 5.41) is 3.03. The first-order chi connectivity index (χ1) is 8.45. The Morgan fingerprint density at radius 2 is 2.28 bits per heavy atom. The van der Waals surface area contributed by atoms with Gasteiger partial charge < -0.3 is 10.5 Å². The Kier molecular flexibility index (Phi) is 6.20. The number of halogens is 1.